The fourth-order valence-electron chi connectivity index (χ4n) is 3.40. The van der Waals surface area contributed by atoms with Gasteiger partial charge in [-0.05, 0) is 78.6 Å². The van der Waals surface area contributed by atoms with Crippen molar-refractivity contribution in [3.63, 3.8) is 0 Å². The number of aromatic nitrogens is 2. The topological polar surface area (TPSA) is 29.9 Å². The summed E-state index contributed by atoms with van der Waals surface area (Å²) in [6.07, 6.45) is 3.41. The van der Waals surface area contributed by atoms with Gasteiger partial charge in [-0.15, -0.1) is 0 Å². The van der Waals surface area contributed by atoms with Gasteiger partial charge in [-0.1, -0.05) is 29.8 Å². The van der Waals surface area contributed by atoms with E-state index in [1.165, 1.54) is 27.5 Å². The third-order valence-electron chi connectivity index (χ3n) is 4.65. The summed E-state index contributed by atoms with van der Waals surface area (Å²) in [5.41, 5.74) is 5.80. The minimum absolute atomic E-state index is 0.755. The summed E-state index contributed by atoms with van der Waals surface area (Å²) < 4.78 is 3.29. The quantitative estimate of drug-likeness (QED) is 0.483. The molecule has 1 aliphatic heterocycles. The zero-order chi connectivity index (χ0) is 17.4. The van der Waals surface area contributed by atoms with Gasteiger partial charge in [0.25, 0.3) is 0 Å². The maximum Gasteiger partial charge on any atom is 0.133 e. The molecule has 0 bridgehead atoms. The summed E-state index contributed by atoms with van der Waals surface area (Å²) in [6.45, 7) is 3.06. The average molecular weight is 464 g/mol. The molecule has 1 N–H and O–H groups in total. The number of hydrogen-bond acceptors (Lipinski definition) is 2. The fraction of sp³-hybridized carbons (Fsp3) is 0.250. The maximum atomic E-state index is 6.15. The molecule has 128 valence electrons. The Morgan fingerprint density at radius 1 is 1.16 bits per heavy atom. The van der Waals surface area contributed by atoms with Crippen LogP contribution in [0, 0.1) is 10.5 Å². The van der Waals surface area contributed by atoms with E-state index in [0.717, 1.165) is 40.8 Å². The zero-order valence-corrected chi connectivity index (χ0v) is 16.9. The van der Waals surface area contributed by atoms with Crippen LogP contribution >= 0.6 is 34.2 Å². The summed E-state index contributed by atoms with van der Waals surface area (Å²) in [6, 6.07) is 14.4. The molecule has 0 fully saturated rings. The molecule has 0 radical (unpaired) electrons. The summed E-state index contributed by atoms with van der Waals surface area (Å²) >= 11 is 8.55. The Bertz CT molecular complexity index is 933. The number of aryl methyl sites for hydroxylation is 1. The van der Waals surface area contributed by atoms with Gasteiger partial charge in [0.15, 0.2) is 0 Å². The Hall–Kier alpha value is -1.53. The normalized spacial score (nSPS) is 13.9. The van der Waals surface area contributed by atoms with E-state index in [0.29, 0.717) is 0 Å². The van der Waals surface area contributed by atoms with Crippen molar-refractivity contribution in [2.75, 3.05) is 11.9 Å². The molecule has 4 rings (SSSR count). The molecule has 1 aromatic heterocycles. The Balaban J connectivity index is 1.95. The van der Waals surface area contributed by atoms with Crippen LogP contribution in [0.2, 0.25) is 5.02 Å². The lowest BCUT2D eigenvalue weighted by Crippen LogP contribution is -2.08. The first-order chi connectivity index (χ1) is 12.1. The number of nitrogens with one attached hydrogen (secondary N) is 1. The Morgan fingerprint density at radius 2 is 2.00 bits per heavy atom. The van der Waals surface area contributed by atoms with E-state index in [4.69, 9.17) is 16.7 Å². The number of fused-ring (bicyclic) bond motifs is 1. The second kappa shape index (κ2) is 7.00. The van der Waals surface area contributed by atoms with Gasteiger partial charge in [0.05, 0.1) is 11.4 Å². The van der Waals surface area contributed by atoms with E-state index in [2.05, 4.69) is 69.8 Å². The van der Waals surface area contributed by atoms with Gasteiger partial charge >= 0.3 is 0 Å². The Kier molecular flexibility index (Phi) is 4.73. The van der Waals surface area contributed by atoms with E-state index in [1.54, 1.807) is 0 Å². The van der Waals surface area contributed by atoms with Crippen LogP contribution in [0.5, 0.6) is 0 Å². The van der Waals surface area contributed by atoms with Crippen molar-refractivity contribution in [2.45, 2.75) is 26.2 Å². The van der Waals surface area contributed by atoms with E-state index in [9.17, 15) is 0 Å². The molecule has 2 aromatic carbocycles. The summed E-state index contributed by atoms with van der Waals surface area (Å²) in [5.74, 6) is 1.12. The Labute approximate surface area is 166 Å². The van der Waals surface area contributed by atoms with Gasteiger partial charge in [0.2, 0.25) is 0 Å². The smallest absolute Gasteiger partial charge is 0.133 e. The van der Waals surface area contributed by atoms with Crippen LogP contribution in [0.1, 0.15) is 24.0 Å². The summed E-state index contributed by atoms with van der Waals surface area (Å²) in [5, 5.41) is 9.40. The maximum absolute atomic E-state index is 6.15. The molecule has 0 saturated carbocycles. The van der Waals surface area contributed by atoms with Gasteiger partial charge in [-0.25, -0.2) is 4.68 Å². The van der Waals surface area contributed by atoms with Gasteiger partial charge in [0.1, 0.15) is 5.82 Å². The number of anilines is 1. The monoisotopic (exact) mass is 463 g/mol. The fourth-order valence-corrected chi connectivity index (χ4v) is 4.27. The molecule has 0 spiro atoms. The lowest BCUT2D eigenvalue weighted by Gasteiger charge is -2.11. The second-order valence-electron chi connectivity index (χ2n) is 6.38. The molecule has 5 heteroatoms. The van der Waals surface area contributed by atoms with E-state index in [-0.39, 0.29) is 0 Å². The standard InChI is InChI=1S/C20H19ClIN3/c1-13-12-14(21)9-10-18(13)25-20-16(7-4-5-11-23-20)19(24-25)15-6-2-3-8-17(15)22/h2-3,6,8-10,12,23H,4-5,7,11H2,1H3. The largest absolute Gasteiger partial charge is 0.370 e. The minimum Gasteiger partial charge on any atom is -0.370 e. The molecule has 25 heavy (non-hydrogen) atoms. The number of hydrogen-bond donors (Lipinski definition) is 1. The van der Waals surface area contributed by atoms with Crippen molar-refractivity contribution in [1.29, 1.82) is 0 Å². The van der Waals surface area contributed by atoms with Crippen LogP contribution in [0.15, 0.2) is 42.5 Å². The van der Waals surface area contributed by atoms with E-state index >= 15 is 0 Å². The highest BCUT2D eigenvalue weighted by atomic mass is 127. The van der Waals surface area contributed by atoms with Crippen LogP contribution in [0.3, 0.4) is 0 Å². The molecule has 1 aliphatic rings. The Morgan fingerprint density at radius 3 is 2.80 bits per heavy atom. The van der Waals surface area contributed by atoms with Crippen molar-refractivity contribution in [3.05, 3.63) is 62.2 Å². The van der Waals surface area contributed by atoms with Crippen LogP contribution < -0.4 is 5.32 Å². The molecule has 0 amide bonds. The van der Waals surface area contributed by atoms with Crippen molar-refractivity contribution < 1.29 is 0 Å². The first-order valence-corrected chi connectivity index (χ1v) is 9.98. The first kappa shape index (κ1) is 16.9. The van der Waals surface area contributed by atoms with E-state index in [1.807, 2.05) is 12.1 Å². The molecule has 0 saturated heterocycles. The molecule has 0 aliphatic carbocycles. The molecule has 0 unspecified atom stereocenters. The van der Waals surface area contributed by atoms with E-state index < -0.39 is 0 Å². The van der Waals surface area contributed by atoms with Crippen LogP contribution in [0.4, 0.5) is 5.82 Å². The van der Waals surface area contributed by atoms with Crippen LogP contribution in [0.25, 0.3) is 16.9 Å². The molecular formula is C20H19ClIN3. The number of benzene rings is 2. The van der Waals surface area contributed by atoms with Crippen molar-refractivity contribution in [3.8, 4) is 16.9 Å². The van der Waals surface area contributed by atoms with Gasteiger partial charge in [-0.3, -0.25) is 0 Å². The summed E-state index contributed by atoms with van der Waals surface area (Å²) in [7, 11) is 0. The number of rotatable bonds is 2. The predicted octanol–water partition coefficient (Wildman–Crippen LogP) is 5.85. The van der Waals surface area contributed by atoms with Gasteiger partial charge < -0.3 is 5.32 Å². The third kappa shape index (κ3) is 3.17. The average Bonchev–Trinajstić information content (AvgIpc) is 2.78. The molecular weight excluding hydrogens is 445 g/mol. The SMILES string of the molecule is Cc1cc(Cl)ccc1-n1nc(-c2ccccc2I)c2c1NCCCC2. The predicted molar refractivity (Wildman–Crippen MR) is 113 cm³/mol. The number of nitrogens with zero attached hydrogens (tertiary/aromatic N) is 2. The minimum atomic E-state index is 0.755. The van der Waals surface area contributed by atoms with Crippen LogP contribution in [-0.2, 0) is 6.42 Å². The molecule has 3 nitrogen and oxygen atoms in total. The first-order valence-electron chi connectivity index (χ1n) is 8.52. The summed E-state index contributed by atoms with van der Waals surface area (Å²) in [4.78, 5) is 0. The second-order valence-corrected chi connectivity index (χ2v) is 7.98. The van der Waals surface area contributed by atoms with Crippen LogP contribution in [-0.4, -0.2) is 16.3 Å². The highest BCUT2D eigenvalue weighted by Crippen LogP contribution is 2.36. The lowest BCUT2D eigenvalue weighted by atomic mass is 10.0. The third-order valence-corrected chi connectivity index (χ3v) is 5.82. The van der Waals surface area contributed by atoms with Crippen molar-refractivity contribution in [2.24, 2.45) is 0 Å². The lowest BCUT2D eigenvalue weighted by molar-refractivity contribution is 0.779. The number of halogens is 2. The van der Waals surface area contributed by atoms with Crippen molar-refractivity contribution in [1.82, 2.24) is 9.78 Å². The highest BCUT2D eigenvalue weighted by Gasteiger charge is 2.23. The zero-order valence-electron chi connectivity index (χ0n) is 14.0. The van der Waals surface area contributed by atoms with Gasteiger partial charge in [-0.2, -0.15) is 5.10 Å². The van der Waals surface area contributed by atoms with Gasteiger partial charge in [0, 0.05) is 26.3 Å². The molecule has 3 aromatic rings. The molecule has 0 atom stereocenters. The molecule has 2 heterocycles. The highest BCUT2D eigenvalue weighted by molar-refractivity contribution is 14.1. The van der Waals surface area contributed by atoms with Crippen molar-refractivity contribution >= 4 is 40.0 Å².